The highest BCUT2D eigenvalue weighted by molar-refractivity contribution is 7.89. The molecule has 0 radical (unpaired) electrons. The molecule has 1 unspecified atom stereocenters. The van der Waals surface area contributed by atoms with Gasteiger partial charge in [0.15, 0.2) is 0 Å². The first kappa shape index (κ1) is 17.5. The summed E-state index contributed by atoms with van der Waals surface area (Å²) >= 11 is 0. The Hall–Kier alpha value is -0.960. The molecule has 0 aromatic carbocycles. The lowest BCUT2D eigenvalue weighted by atomic mass is 9.59. The number of ether oxygens (including phenoxy) is 1. The minimum absolute atomic E-state index is 0.316. The summed E-state index contributed by atoms with van der Waals surface area (Å²) in [6, 6.07) is 0.615. The van der Waals surface area contributed by atoms with Crippen molar-refractivity contribution < 1.29 is 13.2 Å². The van der Waals surface area contributed by atoms with Crippen molar-refractivity contribution in [3.8, 4) is 0 Å². The fourth-order valence-corrected chi connectivity index (χ4v) is 6.09. The quantitative estimate of drug-likeness (QED) is 0.798. The standard InChI is InChI=1S/C17H28N4O3S/c1-2-20-14-15(13-18-20)25(22,23)21-7-5-17(6-8-21)4-3-16(17)19-9-11-24-12-10-19/h13-14,16H,2-12H2,1H3. The largest absolute Gasteiger partial charge is 0.379 e. The molecule has 1 saturated carbocycles. The molecule has 0 amide bonds. The molecule has 2 aliphatic heterocycles. The normalized spacial score (nSPS) is 28.1. The molecule has 1 aromatic rings. The van der Waals surface area contributed by atoms with Gasteiger partial charge in [0.25, 0.3) is 0 Å². The van der Waals surface area contributed by atoms with Crippen LogP contribution in [0.1, 0.15) is 32.6 Å². The van der Waals surface area contributed by atoms with Crippen LogP contribution in [0.3, 0.4) is 0 Å². The molecular weight excluding hydrogens is 340 g/mol. The summed E-state index contributed by atoms with van der Waals surface area (Å²) in [4.78, 5) is 2.89. The molecule has 1 aromatic heterocycles. The van der Waals surface area contributed by atoms with Crippen molar-refractivity contribution >= 4 is 10.0 Å². The van der Waals surface area contributed by atoms with Crippen molar-refractivity contribution in [3.63, 3.8) is 0 Å². The molecule has 3 aliphatic rings. The Labute approximate surface area is 150 Å². The zero-order chi connectivity index (χ0) is 17.5. The van der Waals surface area contributed by atoms with Crippen molar-refractivity contribution in [2.45, 2.75) is 50.1 Å². The number of aryl methyl sites for hydroxylation is 1. The van der Waals surface area contributed by atoms with Crippen LogP contribution in [0.25, 0.3) is 0 Å². The monoisotopic (exact) mass is 368 g/mol. The third-order valence-corrected chi connectivity index (χ3v) is 8.25. The van der Waals surface area contributed by atoms with Gasteiger partial charge in [-0.25, -0.2) is 8.42 Å². The number of aromatic nitrogens is 2. The number of morpholine rings is 1. The molecule has 0 bridgehead atoms. The van der Waals surface area contributed by atoms with Crippen molar-refractivity contribution in [2.75, 3.05) is 39.4 Å². The molecule has 3 heterocycles. The lowest BCUT2D eigenvalue weighted by Crippen LogP contribution is -2.61. The van der Waals surface area contributed by atoms with Gasteiger partial charge in [0, 0.05) is 45.0 Å². The molecule has 7 nitrogen and oxygen atoms in total. The Balaban J connectivity index is 1.42. The van der Waals surface area contributed by atoms with E-state index in [0.29, 0.717) is 36.0 Å². The van der Waals surface area contributed by atoms with Crippen LogP contribution in [-0.4, -0.2) is 72.8 Å². The second-order valence-corrected chi connectivity index (χ2v) is 9.44. The van der Waals surface area contributed by atoms with Crippen LogP contribution in [0.2, 0.25) is 0 Å². The first-order valence-corrected chi connectivity index (χ1v) is 10.8. The third-order valence-electron chi connectivity index (χ3n) is 6.40. The topological polar surface area (TPSA) is 67.7 Å². The fourth-order valence-electron chi connectivity index (χ4n) is 4.70. The maximum Gasteiger partial charge on any atom is 0.246 e. The summed E-state index contributed by atoms with van der Waals surface area (Å²) in [6.07, 6.45) is 7.53. The van der Waals surface area contributed by atoms with Crippen molar-refractivity contribution in [1.82, 2.24) is 19.0 Å². The van der Waals surface area contributed by atoms with Crippen LogP contribution >= 0.6 is 0 Å². The van der Waals surface area contributed by atoms with Crippen LogP contribution in [0.4, 0.5) is 0 Å². The number of rotatable bonds is 4. The zero-order valence-corrected chi connectivity index (χ0v) is 15.7. The van der Waals surface area contributed by atoms with Crippen LogP contribution in [0.5, 0.6) is 0 Å². The van der Waals surface area contributed by atoms with Gasteiger partial charge >= 0.3 is 0 Å². The van der Waals surface area contributed by atoms with Gasteiger partial charge < -0.3 is 4.74 Å². The summed E-state index contributed by atoms with van der Waals surface area (Å²) in [6.45, 7) is 7.58. The Morgan fingerprint density at radius 2 is 1.92 bits per heavy atom. The van der Waals surface area contributed by atoms with Gasteiger partial charge in [0.1, 0.15) is 4.90 Å². The van der Waals surface area contributed by atoms with E-state index in [2.05, 4.69) is 10.00 Å². The van der Waals surface area contributed by atoms with Crippen LogP contribution in [0, 0.1) is 5.41 Å². The van der Waals surface area contributed by atoms with E-state index in [0.717, 1.165) is 39.1 Å². The lowest BCUT2D eigenvalue weighted by Gasteiger charge is -2.58. The van der Waals surface area contributed by atoms with Crippen LogP contribution in [-0.2, 0) is 21.3 Å². The first-order chi connectivity index (χ1) is 12.0. The van der Waals surface area contributed by atoms with Gasteiger partial charge in [-0.05, 0) is 38.0 Å². The van der Waals surface area contributed by atoms with Crippen LogP contribution in [0.15, 0.2) is 17.3 Å². The van der Waals surface area contributed by atoms with Gasteiger partial charge in [-0.1, -0.05) is 0 Å². The minimum atomic E-state index is -3.41. The van der Waals surface area contributed by atoms with E-state index in [9.17, 15) is 8.42 Å². The van der Waals surface area contributed by atoms with Gasteiger partial charge in [-0.3, -0.25) is 9.58 Å². The highest BCUT2D eigenvalue weighted by atomic mass is 32.2. The molecule has 1 spiro atoms. The van der Waals surface area contributed by atoms with E-state index in [1.54, 1.807) is 15.2 Å². The number of piperidine rings is 1. The summed E-state index contributed by atoms with van der Waals surface area (Å²) in [7, 11) is -3.41. The number of hydrogen-bond acceptors (Lipinski definition) is 5. The predicted molar refractivity (Wildman–Crippen MR) is 93.7 cm³/mol. The average Bonchev–Trinajstić information content (AvgIpc) is 3.12. The highest BCUT2D eigenvalue weighted by Crippen LogP contribution is 2.52. The van der Waals surface area contributed by atoms with E-state index in [4.69, 9.17) is 4.74 Å². The molecule has 0 N–H and O–H groups in total. The Morgan fingerprint density at radius 3 is 2.48 bits per heavy atom. The molecule has 1 atom stereocenters. The second-order valence-electron chi connectivity index (χ2n) is 7.50. The average molecular weight is 369 g/mol. The van der Waals surface area contributed by atoms with Gasteiger partial charge in [0.2, 0.25) is 10.0 Å². The van der Waals surface area contributed by atoms with E-state index in [1.165, 1.54) is 19.0 Å². The van der Waals surface area contributed by atoms with E-state index in [-0.39, 0.29) is 0 Å². The summed E-state index contributed by atoms with van der Waals surface area (Å²) in [5.74, 6) is 0. The predicted octanol–water partition coefficient (Wildman–Crippen LogP) is 1.17. The van der Waals surface area contributed by atoms with Gasteiger partial charge in [-0.2, -0.15) is 9.40 Å². The molecule has 2 saturated heterocycles. The molecule has 25 heavy (non-hydrogen) atoms. The molecule has 3 fully saturated rings. The maximum absolute atomic E-state index is 12.9. The van der Waals surface area contributed by atoms with E-state index in [1.807, 2.05) is 6.92 Å². The van der Waals surface area contributed by atoms with Crippen LogP contribution < -0.4 is 0 Å². The zero-order valence-electron chi connectivity index (χ0n) is 14.9. The second kappa shape index (κ2) is 6.64. The van der Waals surface area contributed by atoms with Crippen molar-refractivity contribution in [2.24, 2.45) is 5.41 Å². The maximum atomic E-state index is 12.9. The summed E-state index contributed by atoms with van der Waals surface area (Å²) < 4.78 is 34.5. The molecule has 4 rings (SSSR count). The van der Waals surface area contributed by atoms with Gasteiger partial charge in [-0.15, -0.1) is 0 Å². The van der Waals surface area contributed by atoms with E-state index < -0.39 is 10.0 Å². The minimum Gasteiger partial charge on any atom is -0.379 e. The van der Waals surface area contributed by atoms with Crippen molar-refractivity contribution in [3.05, 3.63) is 12.4 Å². The Kier molecular flexibility index (Phi) is 4.64. The number of hydrogen-bond donors (Lipinski definition) is 0. The third kappa shape index (κ3) is 3.03. The summed E-state index contributed by atoms with van der Waals surface area (Å²) in [5, 5.41) is 4.12. The van der Waals surface area contributed by atoms with E-state index >= 15 is 0 Å². The molecule has 1 aliphatic carbocycles. The SMILES string of the molecule is CCn1cc(S(=O)(=O)N2CCC3(CCC3N3CCOCC3)CC2)cn1. The fraction of sp³-hybridized carbons (Fsp3) is 0.824. The molecule has 140 valence electrons. The first-order valence-electron chi connectivity index (χ1n) is 9.40. The van der Waals surface area contributed by atoms with Crippen molar-refractivity contribution in [1.29, 1.82) is 0 Å². The summed E-state index contributed by atoms with van der Waals surface area (Å²) in [5.41, 5.74) is 0.316. The smallest absolute Gasteiger partial charge is 0.246 e. The lowest BCUT2D eigenvalue weighted by molar-refractivity contribution is -0.0906. The highest BCUT2D eigenvalue weighted by Gasteiger charge is 2.51. The molecular formula is C17H28N4O3S. The Bertz CT molecular complexity index is 703. The Morgan fingerprint density at radius 1 is 1.20 bits per heavy atom. The number of sulfonamides is 1. The molecule has 8 heteroatoms. The number of nitrogens with zero attached hydrogens (tertiary/aromatic N) is 4. The van der Waals surface area contributed by atoms with Gasteiger partial charge in [0.05, 0.1) is 19.4 Å².